The average Bonchev–Trinajstić information content (AvgIpc) is 2.63. The standard InChI is InChI=1S/C19H22FN3O2/c1-14-3-2-10-23(13-14)19(24)22-12-15-4-9-18(21-11-15)25-17-7-5-16(20)6-8-17/h4-9,11,14H,2-3,10,12-13H2,1H3,(H,22,24). The first-order valence-corrected chi connectivity index (χ1v) is 8.51. The molecule has 0 saturated carbocycles. The van der Waals surface area contributed by atoms with E-state index in [4.69, 9.17) is 4.74 Å². The molecule has 1 fully saturated rings. The largest absolute Gasteiger partial charge is 0.439 e. The molecule has 0 radical (unpaired) electrons. The molecule has 0 spiro atoms. The Balaban J connectivity index is 1.50. The summed E-state index contributed by atoms with van der Waals surface area (Å²) in [5.74, 6) is 1.19. The molecule has 1 saturated heterocycles. The lowest BCUT2D eigenvalue weighted by atomic mass is 10.0. The summed E-state index contributed by atoms with van der Waals surface area (Å²) in [4.78, 5) is 18.3. The van der Waals surface area contributed by atoms with Crippen molar-refractivity contribution in [2.45, 2.75) is 26.3 Å². The van der Waals surface area contributed by atoms with E-state index < -0.39 is 0 Å². The second-order valence-electron chi connectivity index (χ2n) is 6.41. The number of carbonyl (C=O) groups excluding carboxylic acids is 1. The van der Waals surface area contributed by atoms with Crippen molar-refractivity contribution in [1.29, 1.82) is 0 Å². The van der Waals surface area contributed by atoms with E-state index in [9.17, 15) is 9.18 Å². The second kappa shape index (κ2) is 7.96. The number of piperidine rings is 1. The Bertz CT molecular complexity index is 704. The number of pyridine rings is 1. The number of halogens is 1. The van der Waals surface area contributed by atoms with Gasteiger partial charge in [-0.3, -0.25) is 0 Å². The minimum Gasteiger partial charge on any atom is -0.439 e. The monoisotopic (exact) mass is 343 g/mol. The number of likely N-dealkylation sites (tertiary alicyclic amines) is 1. The van der Waals surface area contributed by atoms with Crippen molar-refractivity contribution in [2.24, 2.45) is 5.92 Å². The van der Waals surface area contributed by atoms with Crippen LogP contribution in [0.1, 0.15) is 25.3 Å². The van der Waals surface area contributed by atoms with Gasteiger partial charge in [0.2, 0.25) is 5.88 Å². The fraction of sp³-hybridized carbons (Fsp3) is 0.368. The molecule has 1 unspecified atom stereocenters. The number of nitrogens with zero attached hydrogens (tertiary/aromatic N) is 2. The predicted octanol–water partition coefficient (Wildman–Crippen LogP) is 3.95. The lowest BCUT2D eigenvalue weighted by molar-refractivity contribution is 0.169. The van der Waals surface area contributed by atoms with Crippen molar-refractivity contribution in [3.8, 4) is 11.6 Å². The maximum atomic E-state index is 12.9. The molecule has 5 nitrogen and oxygen atoms in total. The smallest absolute Gasteiger partial charge is 0.317 e. The van der Waals surface area contributed by atoms with Gasteiger partial charge in [-0.25, -0.2) is 14.2 Å². The van der Waals surface area contributed by atoms with Crippen LogP contribution in [0.4, 0.5) is 9.18 Å². The lowest BCUT2D eigenvalue weighted by Crippen LogP contribution is -2.44. The minimum atomic E-state index is -0.311. The minimum absolute atomic E-state index is 0.0295. The molecule has 1 aromatic carbocycles. The van der Waals surface area contributed by atoms with Crippen LogP contribution in [0.5, 0.6) is 11.6 Å². The molecule has 2 aromatic rings. The van der Waals surface area contributed by atoms with E-state index in [0.29, 0.717) is 24.1 Å². The fourth-order valence-corrected chi connectivity index (χ4v) is 2.86. The van der Waals surface area contributed by atoms with Crippen molar-refractivity contribution < 1.29 is 13.9 Å². The lowest BCUT2D eigenvalue weighted by Gasteiger charge is -2.30. The Hall–Kier alpha value is -2.63. The van der Waals surface area contributed by atoms with Gasteiger partial charge in [0.25, 0.3) is 0 Å². The van der Waals surface area contributed by atoms with Crippen molar-refractivity contribution in [3.05, 3.63) is 54.0 Å². The fourth-order valence-electron chi connectivity index (χ4n) is 2.86. The number of amides is 2. The molecule has 2 amide bonds. The molecule has 1 aliphatic heterocycles. The topological polar surface area (TPSA) is 54.5 Å². The number of ether oxygens (including phenoxy) is 1. The molecule has 0 aliphatic carbocycles. The highest BCUT2D eigenvalue weighted by molar-refractivity contribution is 5.74. The SMILES string of the molecule is CC1CCCN(C(=O)NCc2ccc(Oc3ccc(F)cc3)nc2)C1. The van der Waals surface area contributed by atoms with Crippen LogP contribution in [0.3, 0.4) is 0 Å². The molecule has 132 valence electrons. The van der Waals surface area contributed by atoms with Crippen LogP contribution in [-0.2, 0) is 6.54 Å². The first-order valence-electron chi connectivity index (χ1n) is 8.51. The van der Waals surface area contributed by atoms with Crippen molar-refractivity contribution in [3.63, 3.8) is 0 Å². The van der Waals surface area contributed by atoms with Crippen LogP contribution in [0.25, 0.3) is 0 Å². The van der Waals surface area contributed by atoms with Gasteiger partial charge in [0.15, 0.2) is 0 Å². The van der Waals surface area contributed by atoms with Gasteiger partial charge in [0, 0.05) is 31.9 Å². The molecule has 2 heterocycles. The van der Waals surface area contributed by atoms with Crippen LogP contribution in [0.2, 0.25) is 0 Å². The quantitative estimate of drug-likeness (QED) is 0.914. The highest BCUT2D eigenvalue weighted by Gasteiger charge is 2.20. The number of urea groups is 1. The Morgan fingerprint density at radius 3 is 2.80 bits per heavy atom. The van der Waals surface area contributed by atoms with Gasteiger partial charge < -0.3 is 15.0 Å². The van der Waals surface area contributed by atoms with E-state index in [2.05, 4.69) is 17.2 Å². The molecule has 1 aliphatic rings. The van der Waals surface area contributed by atoms with E-state index in [1.54, 1.807) is 24.4 Å². The molecule has 0 bridgehead atoms. The Morgan fingerprint density at radius 1 is 1.32 bits per heavy atom. The molecule has 3 rings (SSSR count). The zero-order chi connectivity index (χ0) is 17.6. The van der Waals surface area contributed by atoms with Crippen molar-refractivity contribution >= 4 is 6.03 Å². The predicted molar refractivity (Wildman–Crippen MR) is 92.9 cm³/mol. The molecular weight excluding hydrogens is 321 g/mol. The number of benzene rings is 1. The first-order chi connectivity index (χ1) is 12.1. The number of hydrogen-bond donors (Lipinski definition) is 1. The zero-order valence-electron chi connectivity index (χ0n) is 14.2. The number of rotatable bonds is 4. The highest BCUT2D eigenvalue weighted by atomic mass is 19.1. The normalized spacial score (nSPS) is 17.2. The number of carbonyl (C=O) groups is 1. The number of nitrogens with one attached hydrogen (secondary N) is 1. The maximum absolute atomic E-state index is 12.9. The van der Waals surface area contributed by atoms with Gasteiger partial charge in [-0.05, 0) is 48.6 Å². The molecule has 1 N–H and O–H groups in total. The van der Waals surface area contributed by atoms with E-state index >= 15 is 0 Å². The molecule has 1 atom stereocenters. The first kappa shape index (κ1) is 17.2. The van der Waals surface area contributed by atoms with Crippen LogP contribution < -0.4 is 10.1 Å². The van der Waals surface area contributed by atoms with Gasteiger partial charge in [0.05, 0.1) is 0 Å². The Labute approximate surface area is 146 Å². The van der Waals surface area contributed by atoms with Gasteiger partial charge in [-0.1, -0.05) is 13.0 Å². The van der Waals surface area contributed by atoms with Gasteiger partial charge in [-0.2, -0.15) is 0 Å². The third kappa shape index (κ3) is 4.92. The molecule has 6 heteroatoms. The summed E-state index contributed by atoms with van der Waals surface area (Å²) in [6.45, 7) is 4.23. The summed E-state index contributed by atoms with van der Waals surface area (Å²) in [6.07, 6.45) is 3.91. The summed E-state index contributed by atoms with van der Waals surface area (Å²) in [7, 11) is 0. The Morgan fingerprint density at radius 2 is 2.12 bits per heavy atom. The third-order valence-corrected chi connectivity index (χ3v) is 4.22. The van der Waals surface area contributed by atoms with Crippen LogP contribution in [0, 0.1) is 11.7 Å². The summed E-state index contributed by atoms with van der Waals surface area (Å²) in [5, 5.41) is 2.93. The van der Waals surface area contributed by atoms with E-state index in [1.165, 1.54) is 18.6 Å². The summed E-state index contributed by atoms with van der Waals surface area (Å²) < 4.78 is 18.4. The zero-order valence-corrected chi connectivity index (χ0v) is 14.2. The van der Waals surface area contributed by atoms with E-state index in [-0.39, 0.29) is 11.8 Å². The second-order valence-corrected chi connectivity index (χ2v) is 6.41. The molecular formula is C19H22FN3O2. The van der Waals surface area contributed by atoms with Gasteiger partial charge in [-0.15, -0.1) is 0 Å². The number of hydrogen-bond acceptors (Lipinski definition) is 3. The summed E-state index contributed by atoms with van der Waals surface area (Å²) in [6, 6.07) is 9.31. The highest BCUT2D eigenvalue weighted by Crippen LogP contribution is 2.19. The van der Waals surface area contributed by atoms with Crippen molar-refractivity contribution in [1.82, 2.24) is 15.2 Å². The Kier molecular flexibility index (Phi) is 5.48. The maximum Gasteiger partial charge on any atom is 0.317 e. The average molecular weight is 343 g/mol. The van der Waals surface area contributed by atoms with Crippen LogP contribution >= 0.6 is 0 Å². The molecule has 25 heavy (non-hydrogen) atoms. The summed E-state index contributed by atoms with van der Waals surface area (Å²) in [5.41, 5.74) is 0.893. The van der Waals surface area contributed by atoms with Crippen molar-refractivity contribution in [2.75, 3.05) is 13.1 Å². The number of aromatic nitrogens is 1. The van der Waals surface area contributed by atoms with Gasteiger partial charge >= 0.3 is 6.03 Å². The van der Waals surface area contributed by atoms with E-state index in [0.717, 1.165) is 25.1 Å². The van der Waals surface area contributed by atoms with Crippen LogP contribution in [-0.4, -0.2) is 29.0 Å². The van der Waals surface area contributed by atoms with E-state index in [1.807, 2.05) is 11.0 Å². The third-order valence-electron chi connectivity index (χ3n) is 4.22. The van der Waals surface area contributed by atoms with Crippen LogP contribution in [0.15, 0.2) is 42.6 Å². The molecule has 1 aromatic heterocycles. The summed E-state index contributed by atoms with van der Waals surface area (Å²) >= 11 is 0. The van der Waals surface area contributed by atoms with Gasteiger partial charge in [0.1, 0.15) is 11.6 Å².